The lowest BCUT2D eigenvalue weighted by Crippen LogP contribution is -2.10. The lowest BCUT2D eigenvalue weighted by atomic mass is 9.95. The van der Waals surface area contributed by atoms with E-state index in [4.69, 9.17) is 17.8 Å². The average molecular weight is 158 g/mol. The Kier molecular flexibility index (Phi) is 2.70. The molecule has 12 heavy (non-hydrogen) atoms. The Labute approximate surface area is 72.4 Å². The number of pyridine rings is 1. The van der Waals surface area contributed by atoms with Crippen molar-refractivity contribution >= 4 is 13.3 Å². The molecule has 3 nitrogen and oxygen atoms in total. The first-order chi connectivity index (χ1) is 5.77. The summed E-state index contributed by atoms with van der Waals surface area (Å²) < 4.78 is 5.09. The molecule has 1 aromatic rings. The van der Waals surface area contributed by atoms with Crippen molar-refractivity contribution < 1.29 is 4.74 Å². The highest BCUT2D eigenvalue weighted by molar-refractivity contribution is 6.33. The molecule has 1 heterocycles. The average Bonchev–Trinajstić information content (AvgIpc) is 2.09. The molecule has 1 rings (SSSR count). The van der Waals surface area contributed by atoms with Gasteiger partial charge in [0.1, 0.15) is 19.6 Å². The maximum atomic E-state index is 8.56. The van der Waals surface area contributed by atoms with Crippen LogP contribution in [0, 0.1) is 11.3 Å². The molecule has 2 radical (unpaired) electrons. The molecule has 0 amide bonds. The summed E-state index contributed by atoms with van der Waals surface area (Å²) in [6.45, 7) is 2.38. The van der Waals surface area contributed by atoms with Gasteiger partial charge in [-0.15, -0.1) is 0 Å². The Morgan fingerprint density at radius 3 is 3.00 bits per heavy atom. The molecule has 0 saturated heterocycles. The van der Waals surface area contributed by atoms with E-state index in [-0.39, 0.29) is 5.69 Å². The Morgan fingerprint density at radius 1 is 1.67 bits per heavy atom. The summed E-state index contributed by atoms with van der Waals surface area (Å²) in [7, 11) is 5.46. The zero-order valence-electron chi connectivity index (χ0n) is 6.74. The van der Waals surface area contributed by atoms with E-state index in [1.807, 2.05) is 13.0 Å². The highest BCUT2D eigenvalue weighted by Crippen LogP contribution is 2.04. The molecule has 58 valence electrons. The van der Waals surface area contributed by atoms with E-state index in [0.717, 1.165) is 0 Å². The number of nitriles is 1. The molecule has 0 unspecified atom stereocenters. The molecule has 0 spiro atoms. The van der Waals surface area contributed by atoms with E-state index in [1.165, 1.54) is 0 Å². The summed E-state index contributed by atoms with van der Waals surface area (Å²) in [6, 6.07) is 5.12. The molecule has 0 aliphatic carbocycles. The van der Waals surface area contributed by atoms with E-state index in [2.05, 4.69) is 4.98 Å². The van der Waals surface area contributed by atoms with Crippen LogP contribution >= 0.6 is 0 Å². The van der Waals surface area contributed by atoms with E-state index >= 15 is 0 Å². The second-order valence-corrected chi connectivity index (χ2v) is 2.13. The number of hydrogen-bond donors (Lipinski definition) is 0. The smallest absolute Gasteiger partial charge is 0.214 e. The van der Waals surface area contributed by atoms with Gasteiger partial charge in [0.25, 0.3) is 0 Å². The van der Waals surface area contributed by atoms with Gasteiger partial charge < -0.3 is 4.74 Å². The molecule has 0 aromatic carbocycles. The van der Waals surface area contributed by atoms with Crippen LogP contribution in [0.3, 0.4) is 0 Å². The van der Waals surface area contributed by atoms with Gasteiger partial charge in [-0.25, -0.2) is 4.98 Å². The third-order valence-corrected chi connectivity index (χ3v) is 1.30. The SMILES string of the molecule is [B]c1ccc(OCC)nc1C#N. The lowest BCUT2D eigenvalue weighted by molar-refractivity contribution is 0.327. The largest absolute Gasteiger partial charge is 0.478 e. The molecule has 0 saturated carbocycles. The Bertz CT molecular complexity index is 319. The van der Waals surface area contributed by atoms with Crippen molar-refractivity contribution in [1.29, 1.82) is 5.26 Å². The van der Waals surface area contributed by atoms with Crippen molar-refractivity contribution in [2.45, 2.75) is 6.92 Å². The van der Waals surface area contributed by atoms with Crippen molar-refractivity contribution in [2.75, 3.05) is 6.61 Å². The predicted molar refractivity (Wildman–Crippen MR) is 45.5 cm³/mol. The summed E-state index contributed by atoms with van der Waals surface area (Å²) in [5.41, 5.74) is 0.585. The first kappa shape index (κ1) is 8.60. The molecular weight excluding hydrogens is 151 g/mol. The van der Waals surface area contributed by atoms with Gasteiger partial charge in [0.2, 0.25) is 5.88 Å². The molecule has 1 aromatic heterocycles. The second kappa shape index (κ2) is 3.77. The number of aromatic nitrogens is 1. The van der Waals surface area contributed by atoms with Crippen LogP contribution in [0.1, 0.15) is 12.6 Å². The van der Waals surface area contributed by atoms with E-state index in [1.54, 1.807) is 12.1 Å². The number of rotatable bonds is 2. The fraction of sp³-hybridized carbons (Fsp3) is 0.250. The number of ether oxygens (including phenoxy) is 1. The fourth-order valence-corrected chi connectivity index (χ4v) is 0.770. The van der Waals surface area contributed by atoms with E-state index in [9.17, 15) is 0 Å². The minimum Gasteiger partial charge on any atom is -0.478 e. The minimum absolute atomic E-state index is 0.209. The quantitative estimate of drug-likeness (QED) is 0.575. The standard InChI is InChI=1S/C8H7BN2O/c1-2-12-8-4-3-6(9)7(5-10)11-8/h3-4H,2H2,1H3. The van der Waals surface area contributed by atoms with Crippen LogP contribution in [0.5, 0.6) is 5.88 Å². The summed E-state index contributed by atoms with van der Waals surface area (Å²) in [5.74, 6) is 0.434. The van der Waals surface area contributed by atoms with Gasteiger partial charge in [-0.2, -0.15) is 5.26 Å². The van der Waals surface area contributed by atoms with Crippen molar-refractivity contribution in [3.63, 3.8) is 0 Å². The Balaban J connectivity index is 2.99. The van der Waals surface area contributed by atoms with Crippen molar-refractivity contribution in [3.05, 3.63) is 17.8 Å². The molecule has 0 aliphatic rings. The summed E-state index contributed by atoms with van der Waals surface area (Å²) in [5, 5.41) is 8.56. The zero-order valence-corrected chi connectivity index (χ0v) is 6.74. The first-order valence-electron chi connectivity index (χ1n) is 3.57. The molecule has 0 fully saturated rings. The Hall–Kier alpha value is -1.50. The van der Waals surface area contributed by atoms with Crippen LogP contribution in [-0.4, -0.2) is 19.4 Å². The van der Waals surface area contributed by atoms with Gasteiger partial charge in [0.05, 0.1) is 6.61 Å². The molecule has 0 aliphatic heterocycles. The molecule has 0 atom stereocenters. The van der Waals surface area contributed by atoms with Crippen molar-refractivity contribution in [3.8, 4) is 11.9 Å². The third kappa shape index (κ3) is 1.76. The van der Waals surface area contributed by atoms with Gasteiger partial charge >= 0.3 is 0 Å². The number of hydrogen-bond acceptors (Lipinski definition) is 3. The maximum Gasteiger partial charge on any atom is 0.214 e. The second-order valence-electron chi connectivity index (χ2n) is 2.13. The van der Waals surface area contributed by atoms with Gasteiger partial charge in [0, 0.05) is 0 Å². The highest BCUT2D eigenvalue weighted by Gasteiger charge is 1.99. The van der Waals surface area contributed by atoms with Gasteiger partial charge in [0.15, 0.2) is 0 Å². The van der Waals surface area contributed by atoms with Crippen molar-refractivity contribution in [1.82, 2.24) is 4.98 Å². The third-order valence-electron chi connectivity index (χ3n) is 1.30. The van der Waals surface area contributed by atoms with Crippen LogP contribution in [0.4, 0.5) is 0 Å². The monoisotopic (exact) mass is 158 g/mol. The van der Waals surface area contributed by atoms with Gasteiger partial charge in [-0.1, -0.05) is 11.5 Å². The van der Waals surface area contributed by atoms with Crippen LogP contribution in [0.15, 0.2) is 12.1 Å². The Morgan fingerprint density at radius 2 is 2.42 bits per heavy atom. The maximum absolute atomic E-state index is 8.56. The summed E-state index contributed by atoms with van der Waals surface area (Å²) in [6.07, 6.45) is 0. The zero-order chi connectivity index (χ0) is 8.97. The van der Waals surface area contributed by atoms with Gasteiger partial charge in [-0.3, -0.25) is 0 Å². The first-order valence-corrected chi connectivity index (χ1v) is 3.57. The molecule has 4 heteroatoms. The fourth-order valence-electron chi connectivity index (χ4n) is 0.770. The van der Waals surface area contributed by atoms with Crippen LogP contribution in [0.2, 0.25) is 0 Å². The van der Waals surface area contributed by atoms with Gasteiger partial charge in [-0.05, 0) is 13.0 Å². The minimum atomic E-state index is 0.209. The van der Waals surface area contributed by atoms with E-state index in [0.29, 0.717) is 17.9 Å². The topological polar surface area (TPSA) is 45.9 Å². The summed E-state index contributed by atoms with van der Waals surface area (Å²) >= 11 is 0. The molecule has 0 N–H and O–H groups in total. The molecular formula is C8H7BN2O. The van der Waals surface area contributed by atoms with Crippen LogP contribution in [0.25, 0.3) is 0 Å². The highest BCUT2D eigenvalue weighted by atomic mass is 16.5. The normalized spacial score (nSPS) is 9.00. The lowest BCUT2D eigenvalue weighted by Gasteiger charge is -2.02. The number of nitrogens with zero attached hydrogens (tertiary/aromatic N) is 2. The summed E-state index contributed by atoms with van der Waals surface area (Å²) in [4.78, 5) is 3.87. The van der Waals surface area contributed by atoms with Crippen LogP contribution < -0.4 is 10.2 Å². The van der Waals surface area contributed by atoms with Crippen LogP contribution in [-0.2, 0) is 0 Å². The predicted octanol–water partition coefficient (Wildman–Crippen LogP) is 0.146. The van der Waals surface area contributed by atoms with E-state index < -0.39 is 0 Å². The van der Waals surface area contributed by atoms with Crippen molar-refractivity contribution in [2.24, 2.45) is 0 Å². The molecule has 0 bridgehead atoms.